The maximum Gasteiger partial charge on any atom is 0.318 e. The van der Waals surface area contributed by atoms with Gasteiger partial charge in [0.15, 0.2) is 0 Å². The molecule has 90 valence electrons. The lowest BCUT2D eigenvalue weighted by Gasteiger charge is -2.13. The van der Waals surface area contributed by atoms with Crippen molar-refractivity contribution in [3.8, 4) is 0 Å². The van der Waals surface area contributed by atoms with E-state index in [-0.39, 0.29) is 17.9 Å². The molecule has 1 unspecified atom stereocenters. The highest BCUT2D eigenvalue weighted by Crippen LogP contribution is 2.20. The van der Waals surface area contributed by atoms with E-state index in [0.29, 0.717) is 12.2 Å². The molecule has 0 heterocycles. The van der Waals surface area contributed by atoms with Crippen molar-refractivity contribution in [2.45, 2.75) is 44.3 Å². The van der Waals surface area contributed by atoms with Crippen molar-refractivity contribution in [2.24, 2.45) is 0 Å². The molecule has 0 fully saturated rings. The molecule has 0 aliphatic rings. The Balaban J connectivity index is 3.79. The highest BCUT2D eigenvalue weighted by molar-refractivity contribution is 8.00. The van der Waals surface area contributed by atoms with Crippen molar-refractivity contribution >= 4 is 17.7 Å². The smallest absolute Gasteiger partial charge is 0.318 e. The van der Waals surface area contributed by atoms with Crippen molar-refractivity contribution in [1.29, 1.82) is 0 Å². The first-order chi connectivity index (χ1) is 7.26. The van der Waals surface area contributed by atoms with E-state index >= 15 is 0 Å². The van der Waals surface area contributed by atoms with Crippen LogP contribution in [0.2, 0.25) is 0 Å². The molecular weight excluding hydrogens is 215 g/mol. The van der Waals surface area contributed by atoms with Crippen molar-refractivity contribution in [3.63, 3.8) is 0 Å². The minimum atomic E-state index is -0.310. The summed E-state index contributed by atoms with van der Waals surface area (Å²) in [6.07, 6.45) is 4.68. The first-order valence-electron chi connectivity index (χ1n) is 5.51. The predicted molar refractivity (Wildman–Crippen MR) is 63.0 cm³/mol. The van der Waals surface area contributed by atoms with E-state index in [9.17, 15) is 9.18 Å². The topological polar surface area (TPSA) is 26.3 Å². The highest BCUT2D eigenvalue weighted by atomic mass is 32.2. The molecule has 0 aliphatic carbocycles. The summed E-state index contributed by atoms with van der Waals surface area (Å²) in [6.45, 7) is 1.82. The van der Waals surface area contributed by atoms with E-state index < -0.39 is 0 Å². The molecule has 0 aliphatic heterocycles. The van der Waals surface area contributed by atoms with Crippen LogP contribution in [0.5, 0.6) is 0 Å². The summed E-state index contributed by atoms with van der Waals surface area (Å²) < 4.78 is 16.6. The number of methoxy groups -OCH3 is 1. The van der Waals surface area contributed by atoms with Crippen LogP contribution in [0.4, 0.5) is 4.39 Å². The number of esters is 1. The molecule has 0 saturated heterocycles. The van der Waals surface area contributed by atoms with E-state index in [2.05, 4.69) is 6.92 Å². The first-order valence-corrected chi connectivity index (χ1v) is 6.56. The molecule has 0 spiro atoms. The molecule has 0 radical (unpaired) electrons. The van der Waals surface area contributed by atoms with Crippen molar-refractivity contribution in [1.82, 2.24) is 0 Å². The SMILES string of the molecule is CCCCCC(SCCCF)C(=O)OC. The molecule has 0 aromatic carbocycles. The molecule has 0 bridgehead atoms. The number of carbonyl (C=O) groups is 1. The van der Waals surface area contributed by atoms with Crippen LogP contribution in [0, 0.1) is 0 Å². The quantitative estimate of drug-likeness (QED) is 0.454. The second kappa shape index (κ2) is 10.3. The van der Waals surface area contributed by atoms with Gasteiger partial charge in [0.25, 0.3) is 0 Å². The van der Waals surface area contributed by atoms with Gasteiger partial charge in [-0.25, -0.2) is 0 Å². The number of unbranched alkanes of at least 4 members (excludes halogenated alkanes) is 2. The largest absolute Gasteiger partial charge is 0.468 e. The number of halogens is 1. The summed E-state index contributed by atoms with van der Waals surface area (Å²) in [4.78, 5) is 11.4. The lowest BCUT2D eigenvalue weighted by Crippen LogP contribution is -2.19. The first kappa shape index (κ1) is 14.8. The Hall–Kier alpha value is -0.250. The van der Waals surface area contributed by atoms with Gasteiger partial charge in [0.2, 0.25) is 0 Å². The third-order valence-corrected chi connectivity index (χ3v) is 3.49. The van der Waals surface area contributed by atoms with Gasteiger partial charge in [-0.15, -0.1) is 11.8 Å². The van der Waals surface area contributed by atoms with E-state index in [1.807, 2.05) is 0 Å². The van der Waals surface area contributed by atoms with Crippen molar-refractivity contribution < 1.29 is 13.9 Å². The molecular formula is C11H21FO2S. The lowest BCUT2D eigenvalue weighted by atomic mass is 10.1. The zero-order chi connectivity index (χ0) is 11.5. The summed E-state index contributed by atoms with van der Waals surface area (Å²) in [6, 6.07) is 0. The second-order valence-electron chi connectivity index (χ2n) is 3.42. The van der Waals surface area contributed by atoms with E-state index in [4.69, 9.17) is 4.74 Å². The van der Waals surface area contributed by atoms with Gasteiger partial charge < -0.3 is 4.74 Å². The number of hydrogen-bond acceptors (Lipinski definition) is 3. The number of alkyl halides is 1. The van der Waals surface area contributed by atoms with Gasteiger partial charge in [-0.1, -0.05) is 26.2 Å². The number of hydrogen-bond donors (Lipinski definition) is 0. The molecule has 0 N–H and O–H groups in total. The monoisotopic (exact) mass is 236 g/mol. The normalized spacial score (nSPS) is 12.5. The molecule has 0 saturated carbocycles. The van der Waals surface area contributed by atoms with Crippen LogP contribution >= 0.6 is 11.8 Å². The standard InChI is InChI=1S/C11H21FO2S/c1-3-4-5-7-10(11(13)14-2)15-9-6-8-12/h10H,3-9H2,1-2H3. The Labute approximate surface area is 96.0 Å². The second-order valence-corrected chi connectivity index (χ2v) is 4.73. The Bertz CT molecular complexity index is 155. The third kappa shape index (κ3) is 7.65. The maximum atomic E-state index is 11.9. The molecule has 1 atom stereocenters. The summed E-state index contributed by atoms with van der Waals surface area (Å²) >= 11 is 1.51. The Kier molecular flexibility index (Phi) is 10.1. The van der Waals surface area contributed by atoms with Gasteiger partial charge >= 0.3 is 5.97 Å². The Morgan fingerprint density at radius 3 is 2.67 bits per heavy atom. The molecule has 0 aromatic rings. The van der Waals surface area contributed by atoms with Gasteiger partial charge in [-0.05, 0) is 18.6 Å². The number of rotatable bonds is 9. The van der Waals surface area contributed by atoms with E-state index in [0.717, 1.165) is 25.7 Å². The van der Waals surface area contributed by atoms with Gasteiger partial charge in [0.05, 0.1) is 13.8 Å². The van der Waals surface area contributed by atoms with Crippen LogP contribution in [0.3, 0.4) is 0 Å². The van der Waals surface area contributed by atoms with Crippen LogP contribution in [-0.4, -0.2) is 30.8 Å². The van der Waals surface area contributed by atoms with E-state index in [1.165, 1.54) is 18.9 Å². The van der Waals surface area contributed by atoms with Crippen LogP contribution in [0.15, 0.2) is 0 Å². The van der Waals surface area contributed by atoms with Crippen LogP contribution in [0.1, 0.15) is 39.0 Å². The minimum Gasteiger partial charge on any atom is -0.468 e. The molecule has 4 heteroatoms. The highest BCUT2D eigenvalue weighted by Gasteiger charge is 2.18. The average Bonchev–Trinajstić information content (AvgIpc) is 2.26. The summed E-state index contributed by atoms with van der Waals surface area (Å²) in [5, 5.41) is -0.104. The minimum absolute atomic E-state index is 0.104. The van der Waals surface area contributed by atoms with Gasteiger partial charge in [-0.3, -0.25) is 9.18 Å². The molecule has 0 amide bonds. The fourth-order valence-electron chi connectivity index (χ4n) is 1.26. The van der Waals surface area contributed by atoms with Crippen molar-refractivity contribution in [2.75, 3.05) is 19.5 Å². The van der Waals surface area contributed by atoms with Gasteiger partial charge in [0.1, 0.15) is 5.25 Å². The number of ether oxygens (including phenoxy) is 1. The van der Waals surface area contributed by atoms with Crippen LogP contribution in [-0.2, 0) is 9.53 Å². The molecule has 15 heavy (non-hydrogen) atoms. The maximum absolute atomic E-state index is 11.9. The third-order valence-electron chi connectivity index (χ3n) is 2.13. The van der Waals surface area contributed by atoms with E-state index in [1.54, 1.807) is 0 Å². The number of thioether (sulfide) groups is 1. The van der Waals surface area contributed by atoms with Crippen molar-refractivity contribution in [3.05, 3.63) is 0 Å². The Morgan fingerprint density at radius 1 is 1.40 bits per heavy atom. The summed E-state index contributed by atoms with van der Waals surface area (Å²) in [7, 11) is 1.41. The Morgan fingerprint density at radius 2 is 2.13 bits per heavy atom. The zero-order valence-corrected chi connectivity index (χ0v) is 10.4. The fourth-order valence-corrected chi connectivity index (χ4v) is 2.39. The molecule has 0 rings (SSSR count). The predicted octanol–water partition coefficient (Wildman–Crippen LogP) is 3.20. The fraction of sp³-hybridized carbons (Fsp3) is 0.909. The van der Waals surface area contributed by atoms with Gasteiger partial charge in [0, 0.05) is 0 Å². The van der Waals surface area contributed by atoms with Crippen LogP contribution < -0.4 is 0 Å². The summed E-state index contributed by atoms with van der Waals surface area (Å²) in [5.74, 6) is 0.525. The zero-order valence-electron chi connectivity index (χ0n) is 9.63. The average molecular weight is 236 g/mol. The van der Waals surface area contributed by atoms with Crippen LogP contribution in [0.25, 0.3) is 0 Å². The molecule has 2 nitrogen and oxygen atoms in total. The number of carbonyl (C=O) groups excluding carboxylic acids is 1. The lowest BCUT2D eigenvalue weighted by molar-refractivity contribution is -0.140. The van der Waals surface area contributed by atoms with Gasteiger partial charge in [-0.2, -0.15) is 0 Å². The molecule has 0 aromatic heterocycles. The summed E-state index contributed by atoms with van der Waals surface area (Å²) in [5.41, 5.74) is 0.